The van der Waals surface area contributed by atoms with E-state index in [0.717, 1.165) is 35.7 Å². The largest absolute Gasteiger partial charge is 0.481 e. The van der Waals surface area contributed by atoms with Gasteiger partial charge in [0.05, 0.1) is 30.7 Å². The van der Waals surface area contributed by atoms with E-state index >= 15 is 0 Å². The number of hydrogen-bond donors (Lipinski definition) is 2. The summed E-state index contributed by atoms with van der Waals surface area (Å²) in [5.74, 6) is 0.565. The minimum atomic E-state index is -0.851. The van der Waals surface area contributed by atoms with Crippen LogP contribution in [0, 0.1) is 11.3 Å². The molecular weight excluding hydrogens is 376 g/mol. The van der Waals surface area contributed by atoms with Gasteiger partial charge in [0.15, 0.2) is 0 Å². The molecule has 1 heterocycles. The number of aryl methyl sites for hydroxylation is 1. The third-order valence-corrected chi connectivity index (χ3v) is 5.77. The molecule has 1 amide bonds. The van der Waals surface area contributed by atoms with Crippen molar-refractivity contribution in [3.05, 3.63) is 34.9 Å². The number of amides is 1. The number of carbonyl (C=O) groups excluding carboxylic acids is 1. The highest BCUT2D eigenvalue weighted by Crippen LogP contribution is 2.35. The molecule has 2 N–H and O–H groups in total. The van der Waals surface area contributed by atoms with E-state index in [4.69, 9.17) is 9.72 Å². The monoisotopic (exact) mass is 408 g/mol. The van der Waals surface area contributed by atoms with Crippen molar-refractivity contribution < 1.29 is 9.53 Å². The first-order chi connectivity index (χ1) is 14.2. The normalized spacial score (nSPS) is 15.7. The molecule has 1 aliphatic carbocycles. The van der Waals surface area contributed by atoms with Gasteiger partial charge >= 0.3 is 0 Å². The Morgan fingerprint density at radius 2 is 1.90 bits per heavy atom. The lowest BCUT2D eigenvalue weighted by Gasteiger charge is -2.25. The number of rotatable bonds is 6. The second kappa shape index (κ2) is 8.61. The number of fused-ring (bicyclic) bond motifs is 3. The predicted molar refractivity (Wildman–Crippen MR) is 119 cm³/mol. The number of nitrogens with zero attached hydrogens (tertiary/aromatic N) is 2. The summed E-state index contributed by atoms with van der Waals surface area (Å²) in [4.78, 5) is 17.0. The highest BCUT2D eigenvalue weighted by atomic mass is 16.5. The third kappa shape index (κ3) is 4.73. The predicted octanol–water partition coefficient (Wildman–Crippen LogP) is 3.41. The summed E-state index contributed by atoms with van der Waals surface area (Å²) in [6, 6.07) is 8.42. The molecule has 1 atom stereocenters. The van der Waals surface area contributed by atoms with Crippen LogP contribution in [0.25, 0.3) is 10.9 Å². The molecular formula is C24H32N4O2. The van der Waals surface area contributed by atoms with Crippen molar-refractivity contribution in [1.82, 2.24) is 15.6 Å². The van der Waals surface area contributed by atoms with Gasteiger partial charge in [-0.15, -0.1) is 0 Å². The zero-order valence-electron chi connectivity index (χ0n) is 18.7. The Bertz CT molecular complexity index is 987. The van der Waals surface area contributed by atoms with Gasteiger partial charge < -0.3 is 15.4 Å². The van der Waals surface area contributed by atoms with E-state index in [2.05, 4.69) is 22.8 Å². The summed E-state index contributed by atoms with van der Waals surface area (Å²) >= 11 is 0. The molecule has 6 nitrogen and oxygen atoms in total. The number of nitriles is 1. The summed E-state index contributed by atoms with van der Waals surface area (Å²) in [7, 11) is 1.66. The second-order valence-corrected chi connectivity index (χ2v) is 9.34. The molecule has 0 radical (unpaired) electrons. The van der Waals surface area contributed by atoms with E-state index in [9.17, 15) is 10.1 Å². The average Bonchev–Trinajstić information content (AvgIpc) is 2.74. The molecule has 0 fully saturated rings. The van der Waals surface area contributed by atoms with Gasteiger partial charge in [-0.3, -0.25) is 4.79 Å². The zero-order chi connectivity index (χ0) is 21.9. The van der Waals surface area contributed by atoms with Gasteiger partial charge in [0.1, 0.15) is 0 Å². The van der Waals surface area contributed by atoms with E-state index in [1.54, 1.807) is 7.11 Å². The molecule has 0 saturated heterocycles. The Labute approximate surface area is 179 Å². The topological polar surface area (TPSA) is 87.0 Å². The Kier molecular flexibility index (Phi) is 6.33. The fourth-order valence-corrected chi connectivity index (χ4v) is 3.90. The SMILES string of the molecule is COc1nc2cc(C(C)(C#N)CNC(=O)CNC(C)(C)C)ccc2c2c1CCCC2. The average molecular weight is 409 g/mol. The number of methoxy groups -OCH3 is 1. The van der Waals surface area contributed by atoms with Crippen molar-refractivity contribution in [2.24, 2.45) is 0 Å². The van der Waals surface area contributed by atoms with Gasteiger partial charge in [-0.2, -0.15) is 5.26 Å². The first-order valence-corrected chi connectivity index (χ1v) is 10.6. The molecule has 0 saturated carbocycles. The maximum Gasteiger partial charge on any atom is 0.234 e. The zero-order valence-corrected chi connectivity index (χ0v) is 18.7. The summed E-state index contributed by atoms with van der Waals surface area (Å²) in [6.07, 6.45) is 4.34. The van der Waals surface area contributed by atoms with Gasteiger partial charge in [0.25, 0.3) is 0 Å². The Morgan fingerprint density at radius 3 is 2.53 bits per heavy atom. The van der Waals surface area contributed by atoms with Gasteiger partial charge in [0.2, 0.25) is 11.8 Å². The van der Waals surface area contributed by atoms with Gasteiger partial charge in [-0.1, -0.05) is 12.1 Å². The van der Waals surface area contributed by atoms with Crippen LogP contribution in [0.15, 0.2) is 18.2 Å². The van der Waals surface area contributed by atoms with Crippen molar-refractivity contribution in [2.45, 2.75) is 64.3 Å². The molecule has 1 aromatic heterocycles. The molecule has 2 aromatic rings. The van der Waals surface area contributed by atoms with Crippen LogP contribution in [0.3, 0.4) is 0 Å². The molecule has 3 rings (SSSR count). The minimum absolute atomic E-state index is 0.124. The van der Waals surface area contributed by atoms with E-state index in [0.29, 0.717) is 5.88 Å². The Morgan fingerprint density at radius 1 is 1.20 bits per heavy atom. The Balaban J connectivity index is 1.86. The summed E-state index contributed by atoms with van der Waals surface area (Å²) in [5, 5.41) is 17.1. The molecule has 1 unspecified atom stereocenters. The van der Waals surface area contributed by atoms with Gasteiger partial charge in [-0.25, -0.2) is 4.98 Å². The van der Waals surface area contributed by atoms with Crippen LogP contribution in [0.4, 0.5) is 0 Å². The lowest BCUT2D eigenvalue weighted by molar-refractivity contribution is -0.120. The van der Waals surface area contributed by atoms with Crippen LogP contribution in [0.2, 0.25) is 0 Å². The van der Waals surface area contributed by atoms with Crippen molar-refractivity contribution in [2.75, 3.05) is 20.2 Å². The summed E-state index contributed by atoms with van der Waals surface area (Å²) in [6.45, 7) is 8.33. The number of ether oxygens (including phenoxy) is 1. The molecule has 0 spiro atoms. The molecule has 0 aliphatic heterocycles. The fraction of sp³-hybridized carbons (Fsp3) is 0.542. The first-order valence-electron chi connectivity index (χ1n) is 10.6. The number of benzene rings is 1. The number of aromatic nitrogens is 1. The molecule has 6 heteroatoms. The lowest BCUT2D eigenvalue weighted by atomic mass is 9.82. The van der Waals surface area contributed by atoms with Gasteiger partial charge in [0, 0.05) is 23.0 Å². The number of pyridine rings is 1. The van der Waals surface area contributed by atoms with Crippen LogP contribution in [-0.2, 0) is 23.1 Å². The smallest absolute Gasteiger partial charge is 0.234 e. The first kappa shape index (κ1) is 22.0. The van der Waals surface area contributed by atoms with Crippen molar-refractivity contribution in [3.63, 3.8) is 0 Å². The second-order valence-electron chi connectivity index (χ2n) is 9.34. The quantitative estimate of drug-likeness (QED) is 0.765. The molecule has 160 valence electrons. The standard InChI is InChI=1S/C24H32N4O2/c1-23(2,3)27-13-21(29)26-15-24(4,14-25)16-10-11-18-17-8-6-7-9-19(17)22(30-5)28-20(18)12-16/h10-12,27H,6-9,13,15H2,1-5H3,(H,26,29). The lowest BCUT2D eigenvalue weighted by Crippen LogP contribution is -2.46. The number of carbonyl (C=O) groups is 1. The van der Waals surface area contributed by atoms with Crippen LogP contribution in [0.5, 0.6) is 5.88 Å². The highest BCUT2D eigenvalue weighted by molar-refractivity contribution is 5.85. The summed E-state index contributed by atoms with van der Waals surface area (Å²) in [5.41, 5.74) is 3.22. The highest BCUT2D eigenvalue weighted by Gasteiger charge is 2.29. The maximum absolute atomic E-state index is 12.2. The van der Waals surface area contributed by atoms with Crippen LogP contribution in [-0.4, -0.2) is 36.6 Å². The van der Waals surface area contributed by atoms with Crippen molar-refractivity contribution in [3.8, 4) is 11.9 Å². The summed E-state index contributed by atoms with van der Waals surface area (Å²) < 4.78 is 5.57. The van der Waals surface area contributed by atoms with Crippen LogP contribution < -0.4 is 15.4 Å². The molecule has 0 bridgehead atoms. The van der Waals surface area contributed by atoms with E-state index in [1.807, 2.05) is 39.8 Å². The van der Waals surface area contributed by atoms with E-state index in [-0.39, 0.29) is 24.5 Å². The van der Waals surface area contributed by atoms with Crippen molar-refractivity contribution >= 4 is 16.8 Å². The number of hydrogen-bond acceptors (Lipinski definition) is 5. The van der Waals surface area contributed by atoms with Crippen LogP contribution >= 0.6 is 0 Å². The van der Waals surface area contributed by atoms with E-state index in [1.165, 1.54) is 17.5 Å². The van der Waals surface area contributed by atoms with Gasteiger partial charge in [-0.05, 0) is 70.6 Å². The maximum atomic E-state index is 12.2. The number of nitrogens with one attached hydrogen (secondary N) is 2. The third-order valence-electron chi connectivity index (χ3n) is 5.77. The molecule has 1 aliphatic rings. The minimum Gasteiger partial charge on any atom is -0.481 e. The Hall–Kier alpha value is -2.65. The molecule has 1 aromatic carbocycles. The van der Waals surface area contributed by atoms with Crippen molar-refractivity contribution in [1.29, 1.82) is 5.26 Å². The molecule has 30 heavy (non-hydrogen) atoms. The van der Waals surface area contributed by atoms with Crippen LogP contribution in [0.1, 0.15) is 57.2 Å². The van der Waals surface area contributed by atoms with E-state index < -0.39 is 5.41 Å². The fourth-order valence-electron chi connectivity index (χ4n) is 3.90.